The molecule has 0 fully saturated rings. The zero-order valence-electron chi connectivity index (χ0n) is 9.76. The Morgan fingerprint density at radius 2 is 1.71 bits per heavy atom. The summed E-state index contributed by atoms with van der Waals surface area (Å²) in [4.78, 5) is 4.40. The van der Waals surface area contributed by atoms with Gasteiger partial charge in [0.2, 0.25) is 0 Å². The number of hydrogen-bond acceptors (Lipinski definition) is 2. The van der Waals surface area contributed by atoms with Crippen LogP contribution in [0, 0.1) is 6.92 Å². The lowest BCUT2D eigenvalue weighted by Gasteiger charge is -2.17. The fourth-order valence-electron chi connectivity index (χ4n) is 1.84. The van der Waals surface area contributed by atoms with E-state index >= 15 is 0 Å². The maximum Gasteiger partial charge on any atom is 0.0427 e. The van der Waals surface area contributed by atoms with Crippen LogP contribution < -0.4 is 5.73 Å². The second-order valence-electron chi connectivity index (χ2n) is 4.44. The molecular weight excluding hydrogens is 172 g/mol. The van der Waals surface area contributed by atoms with Crippen LogP contribution in [0.15, 0.2) is 6.20 Å². The van der Waals surface area contributed by atoms with Crippen molar-refractivity contribution in [3.05, 3.63) is 23.0 Å². The summed E-state index contributed by atoms with van der Waals surface area (Å²) < 4.78 is 0. The average molecular weight is 192 g/mol. The molecule has 1 aromatic rings. The van der Waals surface area contributed by atoms with E-state index in [9.17, 15) is 0 Å². The van der Waals surface area contributed by atoms with E-state index in [1.54, 1.807) is 0 Å². The second kappa shape index (κ2) is 3.99. The van der Waals surface area contributed by atoms with Crippen molar-refractivity contribution >= 4 is 5.69 Å². The van der Waals surface area contributed by atoms with Crippen molar-refractivity contribution in [2.75, 3.05) is 5.73 Å². The number of anilines is 1. The van der Waals surface area contributed by atoms with Gasteiger partial charge in [0.15, 0.2) is 0 Å². The third kappa shape index (κ3) is 1.89. The van der Waals surface area contributed by atoms with E-state index in [4.69, 9.17) is 5.73 Å². The average Bonchev–Trinajstić information content (AvgIpc) is 2.02. The van der Waals surface area contributed by atoms with Gasteiger partial charge in [-0.15, -0.1) is 0 Å². The molecule has 14 heavy (non-hydrogen) atoms. The van der Waals surface area contributed by atoms with E-state index < -0.39 is 0 Å². The Kier molecular flexibility index (Phi) is 3.14. The smallest absolute Gasteiger partial charge is 0.0427 e. The lowest BCUT2D eigenvalue weighted by atomic mass is 9.93. The molecule has 0 aliphatic rings. The first-order valence-electron chi connectivity index (χ1n) is 5.20. The number of nitrogens with two attached hydrogens (primary N) is 1. The zero-order chi connectivity index (χ0) is 10.9. The molecule has 0 aliphatic heterocycles. The molecule has 0 unspecified atom stereocenters. The summed E-state index contributed by atoms with van der Waals surface area (Å²) >= 11 is 0. The minimum Gasteiger partial charge on any atom is -0.398 e. The second-order valence-corrected chi connectivity index (χ2v) is 4.44. The van der Waals surface area contributed by atoms with Crippen LogP contribution in [-0.4, -0.2) is 4.98 Å². The quantitative estimate of drug-likeness (QED) is 0.781. The van der Waals surface area contributed by atoms with Crippen molar-refractivity contribution < 1.29 is 0 Å². The van der Waals surface area contributed by atoms with Crippen LogP contribution in [0.25, 0.3) is 0 Å². The van der Waals surface area contributed by atoms with Crippen molar-refractivity contribution in [3.8, 4) is 0 Å². The summed E-state index contributed by atoms with van der Waals surface area (Å²) in [7, 11) is 0. The van der Waals surface area contributed by atoms with Crippen LogP contribution in [0.3, 0.4) is 0 Å². The van der Waals surface area contributed by atoms with Crippen LogP contribution >= 0.6 is 0 Å². The third-order valence-corrected chi connectivity index (χ3v) is 2.59. The van der Waals surface area contributed by atoms with E-state index in [1.165, 1.54) is 11.1 Å². The molecule has 2 nitrogen and oxygen atoms in total. The molecule has 0 saturated heterocycles. The Morgan fingerprint density at radius 1 is 1.14 bits per heavy atom. The van der Waals surface area contributed by atoms with Crippen molar-refractivity contribution in [2.24, 2.45) is 0 Å². The maximum atomic E-state index is 6.15. The van der Waals surface area contributed by atoms with Gasteiger partial charge in [0.05, 0.1) is 0 Å². The molecule has 78 valence electrons. The van der Waals surface area contributed by atoms with Gasteiger partial charge in [-0.1, -0.05) is 27.7 Å². The first kappa shape index (κ1) is 11.0. The minimum atomic E-state index is 0.445. The van der Waals surface area contributed by atoms with Crippen LogP contribution in [0.4, 0.5) is 5.69 Å². The Labute approximate surface area is 86.5 Å². The molecule has 0 amide bonds. The largest absolute Gasteiger partial charge is 0.398 e. The fourth-order valence-corrected chi connectivity index (χ4v) is 1.84. The summed E-state index contributed by atoms with van der Waals surface area (Å²) in [5.41, 5.74) is 10.5. The number of hydrogen-bond donors (Lipinski definition) is 1. The topological polar surface area (TPSA) is 38.9 Å². The predicted octanol–water partition coefficient (Wildman–Crippen LogP) is 3.22. The first-order chi connectivity index (χ1) is 6.45. The molecular formula is C12H20N2. The van der Waals surface area contributed by atoms with Gasteiger partial charge in [-0.3, -0.25) is 4.98 Å². The van der Waals surface area contributed by atoms with Gasteiger partial charge in [0.25, 0.3) is 0 Å². The van der Waals surface area contributed by atoms with Gasteiger partial charge >= 0.3 is 0 Å². The summed E-state index contributed by atoms with van der Waals surface area (Å²) in [5, 5.41) is 0. The van der Waals surface area contributed by atoms with Gasteiger partial charge < -0.3 is 5.73 Å². The van der Waals surface area contributed by atoms with Gasteiger partial charge in [-0.05, 0) is 29.9 Å². The van der Waals surface area contributed by atoms with Crippen molar-refractivity contribution in [1.29, 1.82) is 0 Å². The van der Waals surface area contributed by atoms with Gasteiger partial charge in [0, 0.05) is 17.6 Å². The maximum absolute atomic E-state index is 6.15. The van der Waals surface area contributed by atoms with E-state index in [0.717, 1.165) is 11.4 Å². The molecule has 1 heterocycles. The highest BCUT2D eigenvalue weighted by Gasteiger charge is 2.14. The van der Waals surface area contributed by atoms with E-state index in [1.807, 2.05) is 13.1 Å². The van der Waals surface area contributed by atoms with E-state index in [0.29, 0.717) is 11.8 Å². The molecule has 0 radical (unpaired) electrons. The Balaban J connectivity index is 3.34. The third-order valence-electron chi connectivity index (χ3n) is 2.59. The predicted molar refractivity (Wildman–Crippen MR) is 61.6 cm³/mol. The molecule has 0 spiro atoms. The summed E-state index contributed by atoms with van der Waals surface area (Å²) in [6.45, 7) is 10.6. The molecule has 2 N–H and O–H groups in total. The number of aryl methyl sites for hydroxylation is 1. The highest BCUT2D eigenvalue weighted by molar-refractivity contribution is 5.56. The Hall–Kier alpha value is -1.05. The lowest BCUT2D eigenvalue weighted by molar-refractivity contribution is 0.815. The normalized spacial score (nSPS) is 11.4. The van der Waals surface area contributed by atoms with Crippen molar-refractivity contribution in [2.45, 2.75) is 46.5 Å². The molecule has 1 aromatic heterocycles. The van der Waals surface area contributed by atoms with Crippen molar-refractivity contribution in [1.82, 2.24) is 4.98 Å². The summed E-state index contributed by atoms with van der Waals surface area (Å²) in [6.07, 6.45) is 1.90. The number of nitrogens with zero attached hydrogens (tertiary/aromatic N) is 1. The van der Waals surface area contributed by atoms with E-state index in [2.05, 4.69) is 32.7 Å². The van der Waals surface area contributed by atoms with Crippen LogP contribution in [0.1, 0.15) is 56.4 Å². The molecule has 0 aromatic carbocycles. The number of nitrogen functional groups attached to an aromatic ring is 1. The molecule has 2 heteroatoms. The Bertz CT molecular complexity index is 327. The number of rotatable bonds is 2. The van der Waals surface area contributed by atoms with Crippen LogP contribution in [0.2, 0.25) is 0 Å². The standard InChI is InChI=1S/C12H20N2/c1-7(2)10-6-14-9(5)11(8(3)4)12(10)13/h6-8H,1-5H3,(H2,13,14). The van der Waals surface area contributed by atoms with Gasteiger partial charge in [-0.25, -0.2) is 0 Å². The SMILES string of the molecule is Cc1ncc(C(C)C)c(N)c1C(C)C. The van der Waals surface area contributed by atoms with Crippen LogP contribution in [0.5, 0.6) is 0 Å². The Morgan fingerprint density at radius 3 is 2.14 bits per heavy atom. The molecule has 1 rings (SSSR count). The van der Waals surface area contributed by atoms with Crippen LogP contribution in [-0.2, 0) is 0 Å². The fraction of sp³-hybridized carbons (Fsp3) is 0.583. The molecule has 0 aliphatic carbocycles. The summed E-state index contributed by atoms with van der Waals surface area (Å²) in [5.74, 6) is 0.891. The first-order valence-corrected chi connectivity index (χ1v) is 5.20. The number of pyridine rings is 1. The monoisotopic (exact) mass is 192 g/mol. The van der Waals surface area contributed by atoms with Crippen molar-refractivity contribution in [3.63, 3.8) is 0 Å². The molecule has 0 atom stereocenters. The van der Waals surface area contributed by atoms with E-state index in [-0.39, 0.29) is 0 Å². The zero-order valence-corrected chi connectivity index (χ0v) is 9.76. The lowest BCUT2D eigenvalue weighted by Crippen LogP contribution is -2.06. The highest BCUT2D eigenvalue weighted by atomic mass is 14.7. The summed E-state index contributed by atoms with van der Waals surface area (Å²) in [6, 6.07) is 0. The highest BCUT2D eigenvalue weighted by Crippen LogP contribution is 2.30. The van der Waals surface area contributed by atoms with Gasteiger partial charge in [-0.2, -0.15) is 0 Å². The number of aromatic nitrogens is 1. The van der Waals surface area contributed by atoms with Gasteiger partial charge in [0.1, 0.15) is 0 Å². The molecule has 0 bridgehead atoms. The molecule has 0 saturated carbocycles. The minimum absolute atomic E-state index is 0.445.